The molecule has 1 amide bonds. The molecule has 0 fully saturated rings. The van der Waals surface area contributed by atoms with Crippen LogP contribution in [0.3, 0.4) is 0 Å². The molecule has 0 bridgehead atoms. The quantitative estimate of drug-likeness (QED) is 0.592. The van der Waals surface area contributed by atoms with E-state index in [4.69, 9.17) is 4.98 Å². The van der Waals surface area contributed by atoms with E-state index >= 15 is 0 Å². The Balaban J connectivity index is 1.98. The number of carbonyl (C=O) groups is 1. The lowest BCUT2D eigenvalue weighted by molar-refractivity contribution is -0.120. The predicted molar refractivity (Wildman–Crippen MR) is 105 cm³/mol. The third-order valence-corrected chi connectivity index (χ3v) is 6.71. The summed E-state index contributed by atoms with van der Waals surface area (Å²) in [6.07, 6.45) is 4.95. The number of amides is 1. The second-order valence-corrected chi connectivity index (χ2v) is 8.83. The summed E-state index contributed by atoms with van der Waals surface area (Å²) in [5, 5.41) is 4.13. The summed E-state index contributed by atoms with van der Waals surface area (Å²) in [6.45, 7) is 7.27. The average Bonchev–Trinajstić information content (AvgIpc) is 3.16. The monoisotopic (exact) mass is 379 g/mol. The van der Waals surface area contributed by atoms with E-state index in [0.29, 0.717) is 18.2 Å². The normalized spacial score (nSPS) is 14.7. The fourth-order valence-electron chi connectivity index (χ4n) is 3.17. The highest BCUT2D eigenvalue weighted by atomic mass is 32.2. The van der Waals surface area contributed by atoms with Gasteiger partial charge in [0.2, 0.25) is 5.91 Å². The first kappa shape index (κ1) is 18.5. The number of thiophene rings is 1. The first-order chi connectivity index (χ1) is 12.1. The van der Waals surface area contributed by atoms with Crippen molar-refractivity contribution in [2.45, 2.75) is 69.8 Å². The van der Waals surface area contributed by atoms with Gasteiger partial charge in [-0.3, -0.25) is 14.2 Å². The lowest BCUT2D eigenvalue weighted by Gasteiger charge is -2.15. The standard InChI is InChI=1S/C18H25N3O2S2/c1-4-9-19-15(22)11(3)24-18-20-16-14(17(23)21(18)10-5-2)12-7-6-8-13(12)25-16/h11H,4-10H2,1-3H3,(H,19,22). The minimum Gasteiger partial charge on any atom is -0.355 e. The molecule has 25 heavy (non-hydrogen) atoms. The van der Waals surface area contributed by atoms with Gasteiger partial charge in [-0.05, 0) is 44.6 Å². The molecular weight excluding hydrogens is 354 g/mol. The highest BCUT2D eigenvalue weighted by molar-refractivity contribution is 8.00. The molecule has 2 heterocycles. The number of hydrogen-bond acceptors (Lipinski definition) is 5. The topological polar surface area (TPSA) is 64.0 Å². The van der Waals surface area contributed by atoms with E-state index in [2.05, 4.69) is 12.2 Å². The molecule has 136 valence electrons. The van der Waals surface area contributed by atoms with Crippen LogP contribution in [0.4, 0.5) is 0 Å². The number of nitrogens with zero attached hydrogens (tertiary/aromatic N) is 2. The fourth-order valence-corrected chi connectivity index (χ4v) is 5.43. The van der Waals surface area contributed by atoms with Gasteiger partial charge in [-0.1, -0.05) is 25.6 Å². The number of aromatic nitrogens is 2. The Bertz CT molecular complexity index is 841. The van der Waals surface area contributed by atoms with Crippen molar-refractivity contribution in [1.82, 2.24) is 14.9 Å². The van der Waals surface area contributed by atoms with Crippen LogP contribution in [0.15, 0.2) is 9.95 Å². The summed E-state index contributed by atoms with van der Waals surface area (Å²) in [7, 11) is 0. The van der Waals surface area contributed by atoms with Crippen molar-refractivity contribution in [2.75, 3.05) is 6.54 Å². The SMILES string of the molecule is CCCNC(=O)C(C)Sc1nc2sc3c(c2c(=O)n1CCC)CCC3. The average molecular weight is 380 g/mol. The van der Waals surface area contributed by atoms with Gasteiger partial charge in [0, 0.05) is 18.0 Å². The summed E-state index contributed by atoms with van der Waals surface area (Å²) >= 11 is 3.04. The molecule has 5 nitrogen and oxygen atoms in total. The van der Waals surface area contributed by atoms with Crippen LogP contribution in [0, 0.1) is 0 Å². The number of hydrogen-bond donors (Lipinski definition) is 1. The first-order valence-electron chi connectivity index (χ1n) is 9.06. The summed E-state index contributed by atoms with van der Waals surface area (Å²) in [6, 6.07) is 0. The maximum absolute atomic E-state index is 13.1. The van der Waals surface area contributed by atoms with Gasteiger partial charge in [-0.15, -0.1) is 11.3 Å². The van der Waals surface area contributed by atoms with Gasteiger partial charge in [-0.25, -0.2) is 4.98 Å². The second-order valence-electron chi connectivity index (χ2n) is 6.44. The van der Waals surface area contributed by atoms with Crippen LogP contribution >= 0.6 is 23.1 Å². The minimum atomic E-state index is -0.272. The molecule has 1 atom stereocenters. The smallest absolute Gasteiger partial charge is 0.263 e. The molecule has 0 radical (unpaired) electrons. The van der Waals surface area contributed by atoms with E-state index in [1.165, 1.54) is 22.2 Å². The summed E-state index contributed by atoms with van der Waals surface area (Å²) < 4.78 is 1.77. The number of rotatable bonds is 7. The van der Waals surface area contributed by atoms with Gasteiger partial charge in [0.1, 0.15) is 4.83 Å². The Kier molecular flexibility index (Phi) is 5.84. The minimum absolute atomic E-state index is 0.00193. The maximum Gasteiger partial charge on any atom is 0.263 e. The molecule has 0 saturated carbocycles. The zero-order chi connectivity index (χ0) is 18.0. The van der Waals surface area contributed by atoms with Gasteiger partial charge in [0.15, 0.2) is 5.16 Å². The van der Waals surface area contributed by atoms with E-state index in [1.807, 2.05) is 13.8 Å². The van der Waals surface area contributed by atoms with E-state index in [0.717, 1.165) is 42.3 Å². The van der Waals surface area contributed by atoms with E-state index in [9.17, 15) is 9.59 Å². The molecule has 1 N–H and O–H groups in total. The molecule has 0 aliphatic heterocycles. The molecule has 1 aliphatic carbocycles. The Morgan fingerprint density at radius 3 is 2.88 bits per heavy atom. The fraction of sp³-hybridized carbons (Fsp3) is 0.611. The number of thioether (sulfide) groups is 1. The third-order valence-electron chi connectivity index (χ3n) is 4.44. The van der Waals surface area contributed by atoms with Crippen molar-refractivity contribution in [3.63, 3.8) is 0 Å². The van der Waals surface area contributed by atoms with Gasteiger partial charge in [0.05, 0.1) is 10.6 Å². The van der Waals surface area contributed by atoms with Crippen LogP contribution in [0.25, 0.3) is 10.2 Å². The second kappa shape index (κ2) is 7.91. The number of aryl methyl sites for hydroxylation is 2. The lowest BCUT2D eigenvalue weighted by atomic mass is 10.2. The van der Waals surface area contributed by atoms with Crippen LogP contribution in [0.5, 0.6) is 0 Å². The van der Waals surface area contributed by atoms with Gasteiger partial charge in [0.25, 0.3) is 5.56 Å². The molecule has 1 aliphatic rings. The number of carbonyl (C=O) groups excluding carboxylic acids is 1. The number of nitrogens with one attached hydrogen (secondary N) is 1. The predicted octanol–water partition coefficient (Wildman–Crippen LogP) is 3.36. The molecular formula is C18H25N3O2S2. The first-order valence-corrected chi connectivity index (χ1v) is 10.8. The van der Waals surface area contributed by atoms with Crippen LogP contribution < -0.4 is 10.9 Å². The molecule has 0 saturated heterocycles. The van der Waals surface area contributed by atoms with E-state index in [-0.39, 0.29) is 16.7 Å². The van der Waals surface area contributed by atoms with Gasteiger partial charge < -0.3 is 5.32 Å². The highest BCUT2D eigenvalue weighted by Gasteiger charge is 2.24. The van der Waals surface area contributed by atoms with Crippen LogP contribution in [-0.2, 0) is 24.2 Å². The zero-order valence-electron chi connectivity index (χ0n) is 15.1. The molecule has 3 rings (SSSR count). The largest absolute Gasteiger partial charge is 0.355 e. The lowest BCUT2D eigenvalue weighted by Crippen LogP contribution is -2.32. The molecule has 2 aromatic rings. The van der Waals surface area contributed by atoms with Crippen LogP contribution in [0.1, 0.15) is 50.5 Å². The summed E-state index contributed by atoms with van der Waals surface area (Å²) in [5.41, 5.74) is 1.28. The Hall–Kier alpha value is -1.34. The van der Waals surface area contributed by atoms with Crippen molar-refractivity contribution in [3.8, 4) is 0 Å². The summed E-state index contributed by atoms with van der Waals surface area (Å²) in [4.78, 5) is 32.2. The molecule has 0 spiro atoms. The van der Waals surface area contributed by atoms with Gasteiger partial charge >= 0.3 is 0 Å². The molecule has 0 aromatic carbocycles. The zero-order valence-corrected chi connectivity index (χ0v) is 16.7. The van der Waals surface area contributed by atoms with Crippen molar-refractivity contribution < 1.29 is 4.79 Å². The van der Waals surface area contributed by atoms with Crippen molar-refractivity contribution in [2.24, 2.45) is 0 Å². The van der Waals surface area contributed by atoms with E-state index in [1.54, 1.807) is 15.9 Å². The third kappa shape index (κ3) is 3.62. The maximum atomic E-state index is 13.1. The Morgan fingerprint density at radius 2 is 2.16 bits per heavy atom. The number of fused-ring (bicyclic) bond motifs is 3. The molecule has 2 aromatic heterocycles. The van der Waals surface area contributed by atoms with E-state index < -0.39 is 0 Å². The molecule has 7 heteroatoms. The van der Waals surface area contributed by atoms with Crippen LogP contribution in [0.2, 0.25) is 0 Å². The Labute approximate surface area is 156 Å². The highest BCUT2D eigenvalue weighted by Crippen LogP contribution is 2.36. The molecule has 1 unspecified atom stereocenters. The van der Waals surface area contributed by atoms with Crippen molar-refractivity contribution >= 4 is 39.2 Å². The van der Waals surface area contributed by atoms with Crippen molar-refractivity contribution in [3.05, 3.63) is 20.8 Å². The Morgan fingerprint density at radius 1 is 1.36 bits per heavy atom. The van der Waals surface area contributed by atoms with Crippen LogP contribution in [-0.4, -0.2) is 27.3 Å². The van der Waals surface area contributed by atoms with Gasteiger partial charge in [-0.2, -0.15) is 0 Å². The van der Waals surface area contributed by atoms with Crippen molar-refractivity contribution in [1.29, 1.82) is 0 Å². The summed E-state index contributed by atoms with van der Waals surface area (Å²) in [5.74, 6) is -0.00193.